The molecule has 0 unspecified atom stereocenters. The van der Waals surface area contributed by atoms with E-state index in [2.05, 4.69) is 9.72 Å². The van der Waals surface area contributed by atoms with Gasteiger partial charge in [-0.05, 0) is 25.1 Å². The van der Waals surface area contributed by atoms with Gasteiger partial charge in [0.25, 0.3) is 0 Å². The van der Waals surface area contributed by atoms with Gasteiger partial charge in [-0.2, -0.15) is 8.78 Å². The Balaban J connectivity index is 2.51. The monoisotopic (exact) mass is 253 g/mol. The number of halogens is 3. The van der Waals surface area contributed by atoms with Crippen LogP contribution in [0.15, 0.2) is 36.5 Å². The van der Waals surface area contributed by atoms with Crippen LogP contribution < -0.4 is 4.74 Å². The third-order valence-electron chi connectivity index (χ3n) is 2.39. The van der Waals surface area contributed by atoms with Gasteiger partial charge in [-0.15, -0.1) is 0 Å². The molecule has 0 saturated heterocycles. The van der Waals surface area contributed by atoms with Crippen LogP contribution in [0, 0.1) is 12.7 Å². The van der Waals surface area contributed by atoms with Crippen LogP contribution in [0.4, 0.5) is 13.2 Å². The third kappa shape index (κ3) is 2.61. The Kier molecular flexibility index (Phi) is 3.50. The average molecular weight is 253 g/mol. The fourth-order valence-electron chi connectivity index (χ4n) is 1.59. The zero-order valence-electron chi connectivity index (χ0n) is 9.53. The van der Waals surface area contributed by atoms with Gasteiger partial charge in [0.1, 0.15) is 11.6 Å². The molecule has 1 aromatic carbocycles. The Bertz CT molecular complexity index is 540. The molecule has 0 aliphatic carbocycles. The summed E-state index contributed by atoms with van der Waals surface area (Å²) in [5.74, 6) is -0.825. The highest BCUT2D eigenvalue weighted by molar-refractivity contribution is 5.70. The lowest BCUT2D eigenvalue weighted by Crippen LogP contribution is -2.04. The summed E-state index contributed by atoms with van der Waals surface area (Å²) in [6.45, 7) is -1.22. The summed E-state index contributed by atoms with van der Waals surface area (Å²) in [7, 11) is 0. The molecule has 1 aromatic heterocycles. The molecular weight excluding hydrogens is 243 g/mol. The Labute approximate surface area is 102 Å². The standard InChI is InChI=1S/C13H10F3NO/c1-8-5-6-9(7-17-8)12-10(14)3-2-4-11(12)18-13(15)16/h2-7,13H,1H3. The molecule has 2 aromatic rings. The first-order chi connectivity index (χ1) is 8.58. The van der Waals surface area contributed by atoms with E-state index < -0.39 is 12.4 Å². The molecule has 0 bridgehead atoms. The van der Waals surface area contributed by atoms with Crippen LogP contribution >= 0.6 is 0 Å². The number of pyridine rings is 1. The van der Waals surface area contributed by atoms with E-state index in [0.29, 0.717) is 5.56 Å². The van der Waals surface area contributed by atoms with Gasteiger partial charge < -0.3 is 4.74 Å². The number of rotatable bonds is 3. The maximum absolute atomic E-state index is 13.7. The van der Waals surface area contributed by atoms with Crippen molar-refractivity contribution in [2.24, 2.45) is 0 Å². The molecule has 2 rings (SSSR count). The first kappa shape index (κ1) is 12.4. The van der Waals surface area contributed by atoms with Crippen molar-refractivity contribution in [3.8, 4) is 16.9 Å². The van der Waals surface area contributed by atoms with E-state index in [0.717, 1.165) is 5.69 Å². The summed E-state index contributed by atoms with van der Waals surface area (Å²) >= 11 is 0. The van der Waals surface area contributed by atoms with Gasteiger partial charge in [-0.1, -0.05) is 12.1 Å². The lowest BCUT2D eigenvalue weighted by Gasteiger charge is -2.11. The molecule has 18 heavy (non-hydrogen) atoms. The molecule has 0 N–H and O–H groups in total. The van der Waals surface area contributed by atoms with Crippen molar-refractivity contribution in [3.05, 3.63) is 48.0 Å². The number of nitrogens with zero attached hydrogens (tertiary/aromatic N) is 1. The number of aryl methyl sites for hydroxylation is 1. The SMILES string of the molecule is Cc1ccc(-c2c(F)cccc2OC(F)F)cn1. The zero-order valence-corrected chi connectivity index (χ0v) is 9.53. The van der Waals surface area contributed by atoms with Crippen LogP contribution in [-0.2, 0) is 0 Å². The van der Waals surface area contributed by atoms with E-state index in [1.807, 2.05) is 0 Å². The van der Waals surface area contributed by atoms with Crippen molar-refractivity contribution in [1.82, 2.24) is 4.98 Å². The van der Waals surface area contributed by atoms with Crippen molar-refractivity contribution in [2.45, 2.75) is 13.5 Å². The van der Waals surface area contributed by atoms with Gasteiger partial charge in [0.2, 0.25) is 0 Å². The molecule has 2 nitrogen and oxygen atoms in total. The molecule has 0 aliphatic heterocycles. The van der Waals surface area contributed by atoms with E-state index >= 15 is 0 Å². The van der Waals surface area contributed by atoms with Crippen molar-refractivity contribution < 1.29 is 17.9 Å². The summed E-state index contributed by atoms with van der Waals surface area (Å²) in [6.07, 6.45) is 1.42. The molecule has 0 saturated carbocycles. The van der Waals surface area contributed by atoms with Crippen molar-refractivity contribution in [1.29, 1.82) is 0 Å². The fourth-order valence-corrected chi connectivity index (χ4v) is 1.59. The molecule has 1 heterocycles. The highest BCUT2D eigenvalue weighted by atomic mass is 19.3. The Morgan fingerprint density at radius 2 is 1.94 bits per heavy atom. The molecular formula is C13H10F3NO. The number of benzene rings is 1. The lowest BCUT2D eigenvalue weighted by atomic mass is 10.1. The minimum atomic E-state index is -3.00. The predicted octanol–water partition coefficient (Wildman–Crippen LogP) is 3.80. The zero-order chi connectivity index (χ0) is 13.1. The molecule has 0 spiro atoms. The second-order valence-corrected chi connectivity index (χ2v) is 3.68. The predicted molar refractivity (Wildman–Crippen MR) is 61.0 cm³/mol. The van der Waals surface area contributed by atoms with Crippen LogP contribution in [0.25, 0.3) is 11.1 Å². The fraction of sp³-hybridized carbons (Fsp3) is 0.154. The van der Waals surface area contributed by atoms with Gasteiger partial charge in [-0.25, -0.2) is 4.39 Å². The van der Waals surface area contributed by atoms with E-state index in [4.69, 9.17) is 0 Å². The maximum atomic E-state index is 13.7. The normalized spacial score (nSPS) is 10.7. The number of aromatic nitrogens is 1. The number of alkyl halides is 2. The second kappa shape index (κ2) is 5.08. The minimum absolute atomic E-state index is 0.00898. The van der Waals surface area contributed by atoms with E-state index in [1.165, 1.54) is 24.4 Å². The van der Waals surface area contributed by atoms with Gasteiger partial charge in [0.15, 0.2) is 0 Å². The summed E-state index contributed by atoms with van der Waals surface area (Å²) in [4.78, 5) is 4.01. The van der Waals surface area contributed by atoms with Crippen molar-refractivity contribution >= 4 is 0 Å². The highest BCUT2D eigenvalue weighted by Gasteiger charge is 2.15. The maximum Gasteiger partial charge on any atom is 0.387 e. The number of ether oxygens (including phenoxy) is 1. The van der Waals surface area contributed by atoms with Crippen molar-refractivity contribution in [3.63, 3.8) is 0 Å². The minimum Gasteiger partial charge on any atom is -0.434 e. The molecule has 0 aliphatic rings. The van der Waals surface area contributed by atoms with Gasteiger partial charge in [0, 0.05) is 17.5 Å². The first-order valence-corrected chi connectivity index (χ1v) is 5.24. The quantitative estimate of drug-likeness (QED) is 0.830. The Hall–Kier alpha value is -2.04. The molecule has 5 heteroatoms. The topological polar surface area (TPSA) is 22.1 Å². The van der Waals surface area contributed by atoms with Crippen LogP contribution in [0.1, 0.15) is 5.69 Å². The molecule has 0 radical (unpaired) electrons. The lowest BCUT2D eigenvalue weighted by molar-refractivity contribution is -0.0495. The van der Waals surface area contributed by atoms with Crippen LogP contribution in [-0.4, -0.2) is 11.6 Å². The van der Waals surface area contributed by atoms with E-state index in [9.17, 15) is 13.2 Å². The van der Waals surface area contributed by atoms with Gasteiger partial charge >= 0.3 is 6.61 Å². The van der Waals surface area contributed by atoms with E-state index in [-0.39, 0.29) is 11.3 Å². The molecule has 0 fully saturated rings. The van der Waals surface area contributed by atoms with E-state index in [1.54, 1.807) is 19.1 Å². The summed E-state index contributed by atoms with van der Waals surface area (Å²) < 4.78 is 42.5. The third-order valence-corrected chi connectivity index (χ3v) is 2.39. The Morgan fingerprint density at radius 1 is 1.17 bits per heavy atom. The molecule has 94 valence electrons. The number of hydrogen-bond donors (Lipinski definition) is 0. The van der Waals surface area contributed by atoms with Gasteiger partial charge in [-0.3, -0.25) is 4.98 Å². The highest BCUT2D eigenvalue weighted by Crippen LogP contribution is 2.33. The molecule has 0 amide bonds. The average Bonchev–Trinajstić information content (AvgIpc) is 2.30. The Morgan fingerprint density at radius 3 is 2.56 bits per heavy atom. The van der Waals surface area contributed by atoms with Crippen molar-refractivity contribution in [2.75, 3.05) is 0 Å². The van der Waals surface area contributed by atoms with Crippen LogP contribution in [0.2, 0.25) is 0 Å². The number of hydrogen-bond acceptors (Lipinski definition) is 2. The summed E-state index contributed by atoms with van der Waals surface area (Å²) in [5, 5.41) is 0. The summed E-state index contributed by atoms with van der Waals surface area (Å²) in [6, 6.07) is 7.09. The van der Waals surface area contributed by atoms with Gasteiger partial charge in [0.05, 0.1) is 5.56 Å². The second-order valence-electron chi connectivity index (χ2n) is 3.68. The smallest absolute Gasteiger partial charge is 0.387 e. The van der Waals surface area contributed by atoms with Crippen LogP contribution in [0.3, 0.4) is 0 Å². The first-order valence-electron chi connectivity index (χ1n) is 5.24. The van der Waals surface area contributed by atoms with Crippen LogP contribution in [0.5, 0.6) is 5.75 Å². The summed E-state index contributed by atoms with van der Waals surface area (Å²) in [5.41, 5.74) is 1.14. The molecule has 0 atom stereocenters. The largest absolute Gasteiger partial charge is 0.434 e.